The van der Waals surface area contributed by atoms with E-state index in [1.807, 2.05) is 31.2 Å². The molecular formula is C15H22N2O2. The van der Waals surface area contributed by atoms with Crippen LogP contribution in [0, 0.1) is 0 Å². The summed E-state index contributed by atoms with van der Waals surface area (Å²) < 4.78 is 5.20. The highest BCUT2D eigenvalue weighted by atomic mass is 16.5. The van der Waals surface area contributed by atoms with Crippen molar-refractivity contribution in [2.45, 2.75) is 38.3 Å². The largest absolute Gasteiger partial charge is 0.497 e. The summed E-state index contributed by atoms with van der Waals surface area (Å²) in [6.07, 6.45) is 3.21. The number of benzene rings is 1. The minimum absolute atomic E-state index is 0.00803. The molecular weight excluding hydrogens is 240 g/mol. The smallest absolute Gasteiger partial charge is 0.237 e. The van der Waals surface area contributed by atoms with Gasteiger partial charge < -0.3 is 15.4 Å². The standard InChI is InChI=1S/C15H22N2O2/c1-11(12-6-5-7-13(10-12)19-2)17-15(18)14-8-3-4-9-16-14/h5-7,10-11,14,16H,3-4,8-9H2,1-2H3,(H,17,18)/t11-,14+/m1/s1. The van der Waals surface area contributed by atoms with Crippen LogP contribution in [-0.2, 0) is 4.79 Å². The van der Waals surface area contributed by atoms with Gasteiger partial charge in [0.15, 0.2) is 0 Å². The Kier molecular flexibility index (Phi) is 4.80. The highest BCUT2D eigenvalue weighted by Crippen LogP contribution is 2.19. The lowest BCUT2D eigenvalue weighted by Crippen LogP contribution is -2.47. The summed E-state index contributed by atoms with van der Waals surface area (Å²) in [5.74, 6) is 0.907. The van der Waals surface area contributed by atoms with Gasteiger partial charge in [-0.3, -0.25) is 4.79 Å². The Morgan fingerprint density at radius 3 is 3.00 bits per heavy atom. The van der Waals surface area contributed by atoms with Crippen LogP contribution >= 0.6 is 0 Å². The van der Waals surface area contributed by atoms with Crippen molar-refractivity contribution in [2.75, 3.05) is 13.7 Å². The summed E-state index contributed by atoms with van der Waals surface area (Å²) in [5, 5.41) is 6.32. The van der Waals surface area contributed by atoms with E-state index in [-0.39, 0.29) is 18.0 Å². The number of carbonyl (C=O) groups is 1. The molecule has 0 aromatic heterocycles. The van der Waals surface area contributed by atoms with E-state index in [9.17, 15) is 4.79 Å². The van der Waals surface area contributed by atoms with E-state index >= 15 is 0 Å². The number of piperidine rings is 1. The number of hydrogen-bond donors (Lipinski definition) is 2. The van der Waals surface area contributed by atoms with Gasteiger partial charge in [-0.2, -0.15) is 0 Å². The Bertz CT molecular complexity index is 428. The third-order valence-corrected chi connectivity index (χ3v) is 3.58. The van der Waals surface area contributed by atoms with Gasteiger partial charge in [-0.25, -0.2) is 0 Å². The maximum Gasteiger partial charge on any atom is 0.237 e. The fourth-order valence-corrected chi connectivity index (χ4v) is 2.38. The van der Waals surface area contributed by atoms with Crippen molar-refractivity contribution in [1.82, 2.24) is 10.6 Å². The first-order valence-corrected chi connectivity index (χ1v) is 6.88. The summed E-state index contributed by atoms with van der Waals surface area (Å²) in [5.41, 5.74) is 1.06. The fourth-order valence-electron chi connectivity index (χ4n) is 2.38. The first-order valence-electron chi connectivity index (χ1n) is 6.88. The first-order chi connectivity index (χ1) is 9.20. The molecule has 4 heteroatoms. The zero-order chi connectivity index (χ0) is 13.7. The maximum atomic E-state index is 12.1. The molecule has 4 nitrogen and oxygen atoms in total. The van der Waals surface area contributed by atoms with Crippen LogP contribution in [0.2, 0.25) is 0 Å². The molecule has 19 heavy (non-hydrogen) atoms. The van der Waals surface area contributed by atoms with E-state index in [2.05, 4.69) is 10.6 Å². The molecule has 0 bridgehead atoms. The molecule has 1 heterocycles. The molecule has 1 saturated heterocycles. The van der Waals surface area contributed by atoms with Gasteiger partial charge in [-0.15, -0.1) is 0 Å². The molecule has 1 fully saturated rings. The van der Waals surface area contributed by atoms with Crippen molar-refractivity contribution < 1.29 is 9.53 Å². The number of methoxy groups -OCH3 is 1. The van der Waals surface area contributed by atoms with Crippen LogP contribution in [0.25, 0.3) is 0 Å². The van der Waals surface area contributed by atoms with E-state index < -0.39 is 0 Å². The molecule has 1 aliphatic heterocycles. The number of nitrogens with one attached hydrogen (secondary N) is 2. The molecule has 0 unspecified atom stereocenters. The average Bonchev–Trinajstić information content (AvgIpc) is 2.48. The minimum atomic E-state index is -0.0400. The van der Waals surface area contributed by atoms with Crippen LogP contribution in [-0.4, -0.2) is 25.6 Å². The highest BCUT2D eigenvalue weighted by molar-refractivity contribution is 5.82. The second-order valence-electron chi connectivity index (χ2n) is 5.01. The summed E-state index contributed by atoms with van der Waals surface area (Å²) in [6, 6.07) is 7.75. The Morgan fingerprint density at radius 1 is 1.47 bits per heavy atom. The molecule has 0 spiro atoms. The number of ether oxygens (including phenoxy) is 1. The second kappa shape index (κ2) is 6.57. The number of hydrogen-bond acceptors (Lipinski definition) is 3. The van der Waals surface area contributed by atoms with Crippen molar-refractivity contribution >= 4 is 5.91 Å². The van der Waals surface area contributed by atoms with Crippen LogP contribution < -0.4 is 15.4 Å². The molecule has 0 radical (unpaired) electrons. The van der Waals surface area contributed by atoms with Crippen LogP contribution in [0.1, 0.15) is 37.8 Å². The zero-order valence-electron chi connectivity index (χ0n) is 11.6. The predicted molar refractivity (Wildman–Crippen MR) is 75.2 cm³/mol. The molecule has 0 aliphatic carbocycles. The first kappa shape index (κ1) is 13.9. The van der Waals surface area contributed by atoms with Crippen LogP contribution in [0.5, 0.6) is 5.75 Å². The monoisotopic (exact) mass is 262 g/mol. The van der Waals surface area contributed by atoms with E-state index in [1.54, 1.807) is 7.11 Å². The van der Waals surface area contributed by atoms with Crippen molar-refractivity contribution in [3.8, 4) is 5.75 Å². The van der Waals surface area contributed by atoms with Gasteiger partial charge in [0.1, 0.15) is 5.75 Å². The van der Waals surface area contributed by atoms with Crippen molar-refractivity contribution in [3.05, 3.63) is 29.8 Å². The minimum Gasteiger partial charge on any atom is -0.497 e. The van der Waals surface area contributed by atoms with Crippen LogP contribution in [0.3, 0.4) is 0 Å². The Balaban J connectivity index is 1.95. The summed E-state index contributed by atoms with van der Waals surface area (Å²) >= 11 is 0. The Morgan fingerprint density at radius 2 is 2.32 bits per heavy atom. The summed E-state index contributed by atoms with van der Waals surface area (Å²) in [4.78, 5) is 12.1. The van der Waals surface area contributed by atoms with E-state index in [0.717, 1.165) is 37.1 Å². The van der Waals surface area contributed by atoms with Gasteiger partial charge in [-0.1, -0.05) is 18.6 Å². The van der Waals surface area contributed by atoms with Crippen molar-refractivity contribution in [1.29, 1.82) is 0 Å². The third kappa shape index (κ3) is 3.70. The van der Waals surface area contributed by atoms with Gasteiger partial charge in [0.05, 0.1) is 19.2 Å². The molecule has 0 saturated carbocycles. The summed E-state index contributed by atoms with van der Waals surface area (Å²) in [7, 11) is 1.65. The molecule has 104 valence electrons. The van der Waals surface area contributed by atoms with E-state index in [0.29, 0.717) is 0 Å². The maximum absolute atomic E-state index is 12.1. The molecule has 1 aliphatic rings. The van der Waals surface area contributed by atoms with Gasteiger partial charge >= 0.3 is 0 Å². The SMILES string of the molecule is COc1cccc([C@@H](C)NC(=O)[C@@H]2CCCCN2)c1. The van der Waals surface area contributed by atoms with Crippen LogP contribution in [0.4, 0.5) is 0 Å². The predicted octanol–water partition coefficient (Wildman–Crippen LogP) is 2.01. The van der Waals surface area contributed by atoms with Crippen molar-refractivity contribution in [3.63, 3.8) is 0 Å². The molecule has 2 atom stereocenters. The molecule has 1 aromatic carbocycles. The Labute approximate surface area is 114 Å². The molecule has 2 rings (SSSR count). The van der Waals surface area contributed by atoms with Crippen LogP contribution in [0.15, 0.2) is 24.3 Å². The molecule has 1 amide bonds. The normalized spacial score (nSPS) is 20.6. The second-order valence-corrected chi connectivity index (χ2v) is 5.01. The van der Waals surface area contributed by atoms with Gasteiger partial charge in [0.2, 0.25) is 5.91 Å². The fraction of sp³-hybridized carbons (Fsp3) is 0.533. The lowest BCUT2D eigenvalue weighted by Gasteiger charge is -2.24. The molecule has 2 N–H and O–H groups in total. The number of rotatable bonds is 4. The quantitative estimate of drug-likeness (QED) is 0.872. The Hall–Kier alpha value is -1.55. The summed E-state index contributed by atoms with van der Waals surface area (Å²) in [6.45, 7) is 2.93. The average molecular weight is 262 g/mol. The zero-order valence-corrected chi connectivity index (χ0v) is 11.6. The topological polar surface area (TPSA) is 50.4 Å². The molecule has 1 aromatic rings. The van der Waals surface area contributed by atoms with Crippen molar-refractivity contribution in [2.24, 2.45) is 0 Å². The van der Waals surface area contributed by atoms with Gasteiger partial charge in [0, 0.05) is 0 Å². The number of amides is 1. The highest BCUT2D eigenvalue weighted by Gasteiger charge is 2.22. The van der Waals surface area contributed by atoms with Gasteiger partial charge in [0.25, 0.3) is 0 Å². The third-order valence-electron chi connectivity index (χ3n) is 3.58. The lowest BCUT2D eigenvalue weighted by molar-refractivity contribution is -0.124. The van der Waals surface area contributed by atoms with Gasteiger partial charge in [-0.05, 0) is 44.0 Å². The van der Waals surface area contributed by atoms with E-state index in [1.165, 1.54) is 0 Å². The number of carbonyl (C=O) groups excluding carboxylic acids is 1. The van der Waals surface area contributed by atoms with E-state index in [4.69, 9.17) is 4.74 Å². The lowest BCUT2D eigenvalue weighted by atomic mass is 10.0.